The molecule has 0 bridgehead atoms. The first-order valence-electron chi connectivity index (χ1n) is 5.37. The summed E-state index contributed by atoms with van der Waals surface area (Å²) in [6.45, 7) is 0.700. The molecule has 3 N–H and O–H groups in total. The molecule has 6 nitrogen and oxygen atoms in total. The van der Waals surface area contributed by atoms with E-state index in [4.69, 9.17) is 0 Å². The summed E-state index contributed by atoms with van der Waals surface area (Å²) in [6, 6.07) is 6.68. The number of imidazole rings is 1. The summed E-state index contributed by atoms with van der Waals surface area (Å²) in [6.07, 6.45) is 3.03. The third kappa shape index (κ3) is 2.88. The predicted molar refractivity (Wildman–Crippen MR) is 68.6 cm³/mol. The molecule has 0 spiro atoms. The van der Waals surface area contributed by atoms with Crippen LogP contribution in [0.1, 0.15) is 5.56 Å². The molecular formula is C11H14N4O2S. The summed E-state index contributed by atoms with van der Waals surface area (Å²) in [5.41, 5.74) is 1.02. The number of sulfonamides is 1. The van der Waals surface area contributed by atoms with Crippen molar-refractivity contribution in [1.82, 2.24) is 15.3 Å². The maximum atomic E-state index is 12.0. The maximum absolute atomic E-state index is 12.0. The first-order chi connectivity index (χ1) is 8.62. The van der Waals surface area contributed by atoms with Crippen LogP contribution in [0.3, 0.4) is 0 Å². The van der Waals surface area contributed by atoms with Crippen molar-refractivity contribution in [2.24, 2.45) is 0 Å². The highest BCUT2D eigenvalue weighted by Gasteiger charge is 2.14. The maximum Gasteiger partial charge on any atom is 0.264 e. The van der Waals surface area contributed by atoms with Crippen LogP contribution in [0.4, 0.5) is 5.95 Å². The Morgan fingerprint density at radius 2 is 2.00 bits per heavy atom. The third-order valence-corrected chi connectivity index (χ3v) is 3.70. The fraction of sp³-hybridized carbons (Fsp3) is 0.182. The van der Waals surface area contributed by atoms with Gasteiger partial charge in [-0.1, -0.05) is 12.1 Å². The van der Waals surface area contributed by atoms with Crippen LogP contribution in [0.2, 0.25) is 0 Å². The van der Waals surface area contributed by atoms with E-state index in [1.165, 1.54) is 6.20 Å². The second kappa shape index (κ2) is 5.19. The fourth-order valence-corrected chi connectivity index (χ4v) is 2.48. The highest BCUT2D eigenvalue weighted by atomic mass is 32.2. The van der Waals surface area contributed by atoms with Gasteiger partial charge in [-0.15, -0.1) is 0 Å². The summed E-state index contributed by atoms with van der Waals surface area (Å²) in [5.74, 6) is 0.203. The van der Waals surface area contributed by atoms with Gasteiger partial charge in [-0.25, -0.2) is 18.1 Å². The molecule has 0 aliphatic rings. The van der Waals surface area contributed by atoms with Gasteiger partial charge < -0.3 is 10.3 Å². The van der Waals surface area contributed by atoms with Gasteiger partial charge in [0.15, 0.2) is 0 Å². The van der Waals surface area contributed by atoms with Crippen LogP contribution in [-0.2, 0) is 16.6 Å². The average molecular weight is 266 g/mol. The minimum atomic E-state index is -3.58. The molecule has 7 heteroatoms. The summed E-state index contributed by atoms with van der Waals surface area (Å²) in [4.78, 5) is 6.71. The average Bonchev–Trinajstić information content (AvgIpc) is 2.82. The number of aromatic amines is 1. The molecule has 0 radical (unpaired) electrons. The number of anilines is 1. The molecule has 0 aliphatic heterocycles. The summed E-state index contributed by atoms with van der Waals surface area (Å²) in [7, 11) is -1.74. The molecule has 18 heavy (non-hydrogen) atoms. The molecule has 1 aromatic heterocycles. The predicted octanol–water partition coefficient (Wildman–Crippen LogP) is 0.930. The van der Waals surface area contributed by atoms with Crippen molar-refractivity contribution < 1.29 is 8.42 Å². The lowest BCUT2D eigenvalue weighted by molar-refractivity contribution is 0.601. The normalized spacial score (nSPS) is 11.4. The number of nitrogens with one attached hydrogen (secondary N) is 3. The second-order valence-corrected chi connectivity index (χ2v) is 5.40. The standard InChI is InChI=1S/C11H14N4O2S/c1-12-8-9-2-4-10(5-3-9)18(16,17)15-11-13-6-7-14-11/h2-7,12H,8H2,1H3,(H2,13,14,15). The molecule has 1 heterocycles. The van der Waals surface area contributed by atoms with E-state index in [-0.39, 0.29) is 10.8 Å². The number of nitrogens with zero attached hydrogens (tertiary/aromatic N) is 1. The quantitative estimate of drug-likeness (QED) is 0.751. The highest BCUT2D eigenvalue weighted by Crippen LogP contribution is 2.13. The Labute approximate surface area is 106 Å². The van der Waals surface area contributed by atoms with Gasteiger partial charge in [0.25, 0.3) is 10.0 Å². The van der Waals surface area contributed by atoms with Crippen molar-refractivity contribution in [3.05, 3.63) is 42.2 Å². The second-order valence-electron chi connectivity index (χ2n) is 3.72. The fourth-order valence-electron chi connectivity index (χ4n) is 1.50. The minimum absolute atomic E-state index is 0.203. The molecule has 0 fully saturated rings. The Kier molecular flexibility index (Phi) is 3.63. The zero-order valence-corrected chi connectivity index (χ0v) is 10.7. The molecule has 2 aromatic rings. The van der Waals surface area contributed by atoms with Gasteiger partial charge in [0, 0.05) is 18.9 Å². The Morgan fingerprint density at radius 1 is 1.28 bits per heavy atom. The molecule has 0 amide bonds. The molecular weight excluding hydrogens is 252 g/mol. The van der Waals surface area contributed by atoms with Crippen LogP contribution in [0.5, 0.6) is 0 Å². The Bertz CT molecular complexity index is 590. The van der Waals surface area contributed by atoms with E-state index in [0.29, 0.717) is 6.54 Å². The number of benzene rings is 1. The Morgan fingerprint density at radius 3 is 2.56 bits per heavy atom. The van der Waals surface area contributed by atoms with E-state index in [2.05, 4.69) is 20.0 Å². The molecule has 1 aromatic carbocycles. The minimum Gasteiger partial charge on any atom is -0.330 e. The van der Waals surface area contributed by atoms with Gasteiger partial charge in [0.2, 0.25) is 5.95 Å². The van der Waals surface area contributed by atoms with Gasteiger partial charge in [-0.3, -0.25) is 0 Å². The van der Waals surface area contributed by atoms with Crippen molar-refractivity contribution in [3.8, 4) is 0 Å². The van der Waals surface area contributed by atoms with Crippen LogP contribution in [0.25, 0.3) is 0 Å². The zero-order chi connectivity index (χ0) is 13.0. The van der Waals surface area contributed by atoms with Crippen molar-refractivity contribution in [2.45, 2.75) is 11.4 Å². The largest absolute Gasteiger partial charge is 0.330 e. The topological polar surface area (TPSA) is 86.9 Å². The van der Waals surface area contributed by atoms with Crippen LogP contribution >= 0.6 is 0 Å². The smallest absolute Gasteiger partial charge is 0.264 e. The first kappa shape index (κ1) is 12.6. The van der Waals surface area contributed by atoms with E-state index in [0.717, 1.165) is 5.56 Å². The summed E-state index contributed by atoms with van der Waals surface area (Å²) in [5, 5.41) is 3.00. The van der Waals surface area contributed by atoms with E-state index in [1.54, 1.807) is 30.5 Å². The van der Waals surface area contributed by atoms with E-state index < -0.39 is 10.0 Å². The van der Waals surface area contributed by atoms with Crippen LogP contribution < -0.4 is 10.0 Å². The van der Waals surface area contributed by atoms with Gasteiger partial charge in [0.1, 0.15) is 0 Å². The van der Waals surface area contributed by atoms with E-state index in [9.17, 15) is 8.42 Å². The SMILES string of the molecule is CNCc1ccc(S(=O)(=O)Nc2ncc[nH]2)cc1. The number of aromatic nitrogens is 2. The third-order valence-electron chi connectivity index (χ3n) is 2.34. The zero-order valence-electron chi connectivity index (χ0n) is 9.84. The summed E-state index contributed by atoms with van der Waals surface area (Å²) < 4.78 is 26.3. The lowest BCUT2D eigenvalue weighted by Gasteiger charge is -2.06. The molecule has 96 valence electrons. The summed E-state index contributed by atoms with van der Waals surface area (Å²) >= 11 is 0. The van der Waals surface area contributed by atoms with E-state index >= 15 is 0 Å². The molecule has 0 aliphatic carbocycles. The molecule has 0 saturated heterocycles. The van der Waals surface area contributed by atoms with Crippen LogP contribution in [-0.4, -0.2) is 25.4 Å². The molecule has 0 saturated carbocycles. The first-order valence-corrected chi connectivity index (χ1v) is 6.86. The number of hydrogen-bond acceptors (Lipinski definition) is 4. The number of H-pyrrole nitrogens is 1. The van der Waals surface area contributed by atoms with Crippen molar-refractivity contribution in [1.29, 1.82) is 0 Å². The van der Waals surface area contributed by atoms with Crippen LogP contribution in [0, 0.1) is 0 Å². The Balaban J connectivity index is 2.19. The van der Waals surface area contributed by atoms with Gasteiger partial charge in [-0.2, -0.15) is 0 Å². The lowest BCUT2D eigenvalue weighted by Crippen LogP contribution is -2.14. The molecule has 0 unspecified atom stereocenters. The van der Waals surface area contributed by atoms with Gasteiger partial charge >= 0.3 is 0 Å². The Hall–Kier alpha value is -1.86. The van der Waals surface area contributed by atoms with Gasteiger partial charge in [0.05, 0.1) is 4.90 Å². The number of rotatable bonds is 5. The molecule has 0 atom stereocenters. The highest BCUT2D eigenvalue weighted by molar-refractivity contribution is 7.92. The number of hydrogen-bond donors (Lipinski definition) is 3. The van der Waals surface area contributed by atoms with Crippen LogP contribution in [0.15, 0.2) is 41.6 Å². The van der Waals surface area contributed by atoms with Crippen molar-refractivity contribution in [2.75, 3.05) is 11.8 Å². The van der Waals surface area contributed by atoms with E-state index in [1.807, 2.05) is 7.05 Å². The monoisotopic (exact) mass is 266 g/mol. The lowest BCUT2D eigenvalue weighted by atomic mass is 10.2. The van der Waals surface area contributed by atoms with Gasteiger partial charge in [-0.05, 0) is 24.7 Å². The van der Waals surface area contributed by atoms with Crippen molar-refractivity contribution in [3.63, 3.8) is 0 Å². The molecule has 2 rings (SSSR count). The van der Waals surface area contributed by atoms with Crippen molar-refractivity contribution >= 4 is 16.0 Å².